The number of aryl methyl sites for hydroxylation is 3. The van der Waals surface area contributed by atoms with E-state index in [0.29, 0.717) is 16.9 Å². The van der Waals surface area contributed by atoms with Gasteiger partial charge in [0.2, 0.25) is 5.88 Å². The van der Waals surface area contributed by atoms with Crippen molar-refractivity contribution in [1.29, 1.82) is 0 Å². The molecule has 0 saturated carbocycles. The number of pyridine rings is 2. The molecule has 0 aliphatic heterocycles. The van der Waals surface area contributed by atoms with Gasteiger partial charge in [0, 0.05) is 36.1 Å². The van der Waals surface area contributed by atoms with Crippen molar-refractivity contribution in [3.63, 3.8) is 0 Å². The Morgan fingerprint density at radius 1 is 1.03 bits per heavy atom. The first-order valence-electron chi connectivity index (χ1n) is 9.83. The van der Waals surface area contributed by atoms with Gasteiger partial charge in [0.15, 0.2) is 5.58 Å². The van der Waals surface area contributed by atoms with E-state index < -0.39 is 0 Å². The quantitative estimate of drug-likeness (QED) is 0.425. The molecule has 0 unspecified atom stereocenters. The molecule has 3 aromatic heterocycles. The molecule has 0 aliphatic carbocycles. The van der Waals surface area contributed by atoms with Gasteiger partial charge in [-0.15, -0.1) is 0 Å². The summed E-state index contributed by atoms with van der Waals surface area (Å²) < 4.78 is 8.01. The fourth-order valence-electron chi connectivity index (χ4n) is 4.01. The van der Waals surface area contributed by atoms with Crippen molar-refractivity contribution < 1.29 is 4.42 Å². The number of anilines is 2. The number of para-hydroxylation sites is 1. The second-order valence-corrected chi connectivity index (χ2v) is 7.58. The summed E-state index contributed by atoms with van der Waals surface area (Å²) in [5.41, 5.74) is 6.10. The molecule has 148 valence electrons. The van der Waals surface area contributed by atoms with Crippen molar-refractivity contribution >= 4 is 33.4 Å². The minimum atomic E-state index is -0.0972. The highest BCUT2D eigenvalue weighted by molar-refractivity contribution is 6.11. The van der Waals surface area contributed by atoms with Crippen molar-refractivity contribution in [2.75, 3.05) is 5.32 Å². The highest BCUT2D eigenvalue weighted by Gasteiger charge is 2.23. The second-order valence-electron chi connectivity index (χ2n) is 7.58. The highest BCUT2D eigenvalue weighted by Crippen LogP contribution is 2.40. The zero-order chi connectivity index (χ0) is 20.8. The van der Waals surface area contributed by atoms with Crippen molar-refractivity contribution in [3.8, 4) is 11.1 Å². The molecule has 2 aromatic carbocycles. The van der Waals surface area contributed by atoms with Crippen LogP contribution in [0.3, 0.4) is 0 Å². The number of nitrogens with one attached hydrogen (secondary N) is 1. The first-order chi connectivity index (χ1) is 14.5. The molecule has 0 saturated heterocycles. The fraction of sp³-hybridized carbons (Fsp3) is 0.120. The van der Waals surface area contributed by atoms with Crippen LogP contribution in [0.25, 0.3) is 33.0 Å². The molecule has 5 aromatic rings. The average molecular weight is 395 g/mol. The van der Waals surface area contributed by atoms with Gasteiger partial charge in [-0.1, -0.05) is 35.9 Å². The number of hydrogen-bond acceptors (Lipinski definition) is 4. The maximum Gasteiger partial charge on any atom is 0.262 e. The van der Waals surface area contributed by atoms with Crippen molar-refractivity contribution in [2.24, 2.45) is 7.05 Å². The van der Waals surface area contributed by atoms with Crippen LogP contribution in [0.4, 0.5) is 11.6 Å². The van der Waals surface area contributed by atoms with Crippen LogP contribution in [0.1, 0.15) is 11.1 Å². The van der Waals surface area contributed by atoms with E-state index in [0.717, 1.165) is 33.3 Å². The van der Waals surface area contributed by atoms with E-state index in [4.69, 9.17) is 4.42 Å². The minimum Gasteiger partial charge on any atom is -0.439 e. The van der Waals surface area contributed by atoms with Crippen molar-refractivity contribution in [3.05, 3.63) is 88.5 Å². The Balaban J connectivity index is 1.87. The molecule has 0 bridgehead atoms. The van der Waals surface area contributed by atoms with Crippen LogP contribution in [-0.4, -0.2) is 9.55 Å². The van der Waals surface area contributed by atoms with Crippen LogP contribution < -0.4 is 10.9 Å². The molecule has 30 heavy (non-hydrogen) atoms. The zero-order valence-electron chi connectivity index (χ0n) is 17.1. The normalized spacial score (nSPS) is 11.3. The summed E-state index contributed by atoms with van der Waals surface area (Å²) in [6.07, 6.45) is 3.47. The largest absolute Gasteiger partial charge is 0.439 e. The van der Waals surface area contributed by atoms with E-state index in [2.05, 4.69) is 36.3 Å². The average Bonchev–Trinajstić information content (AvgIpc) is 3.14. The first kappa shape index (κ1) is 18.2. The Kier molecular flexibility index (Phi) is 4.17. The van der Waals surface area contributed by atoms with E-state index in [9.17, 15) is 4.79 Å². The molecule has 0 aliphatic rings. The first-order valence-corrected chi connectivity index (χ1v) is 9.83. The van der Waals surface area contributed by atoms with Gasteiger partial charge >= 0.3 is 0 Å². The predicted octanol–water partition coefficient (Wildman–Crippen LogP) is 5.71. The predicted molar refractivity (Wildman–Crippen MR) is 121 cm³/mol. The van der Waals surface area contributed by atoms with E-state index in [-0.39, 0.29) is 5.56 Å². The number of aromatic nitrogens is 2. The van der Waals surface area contributed by atoms with Crippen LogP contribution >= 0.6 is 0 Å². The van der Waals surface area contributed by atoms with Gasteiger partial charge in [-0.3, -0.25) is 9.78 Å². The maximum absolute atomic E-state index is 13.4. The topological polar surface area (TPSA) is 60.1 Å². The van der Waals surface area contributed by atoms with Crippen molar-refractivity contribution in [1.82, 2.24) is 9.55 Å². The lowest BCUT2D eigenvalue weighted by Gasteiger charge is -2.10. The Hall–Kier alpha value is -3.86. The molecule has 1 N–H and O–H groups in total. The smallest absolute Gasteiger partial charge is 0.262 e. The van der Waals surface area contributed by atoms with Crippen LogP contribution in [0.15, 0.2) is 76.2 Å². The number of rotatable bonds is 3. The lowest BCUT2D eigenvalue weighted by Crippen LogP contribution is -2.17. The van der Waals surface area contributed by atoms with Crippen LogP contribution in [0.5, 0.6) is 0 Å². The number of furan rings is 1. The van der Waals surface area contributed by atoms with Crippen LogP contribution in [0, 0.1) is 13.8 Å². The third-order valence-corrected chi connectivity index (χ3v) is 5.52. The molecule has 0 atom stereocenters. The number of nitrogens with zero attached hydrogens (tertiary/aromatic N) is 2. The summed E-state index contributed by atoms with van der Waals surface area (Å²) in [6.45, 7) is 4.12. The van der Waals surface area contributed by atoms with E-state index in [1.165, 1.54) is 5.56 Å². The molecule has 5 rings (SSSR count). The van der Waals surface area contributed by atoms with Gasteiger partial charge in [-0.2, -0.15) is 0 Å². The summed E-state index contributed by atoms with van der Waals surface area (Å²) in [5, 5.41) is 4.87. The Bertz CT molecular complexity index is 1460. The summed E-state index contributed by atoms with van der Waals surface area (Å²) >= 11 is 0. The molecular weight excluding hydrogens is 374 g/mol. The van der Waals surface area contributed by atoms with E-state index >= 15 is 0 Å². The summed E-state index contributed by atoms with van der Waals surface area (Å²) in [4.78, 5) is 17.6. The van der Waals surface area contributed by atoms with Gasteiger partial charge in [0.05, 0.1) is 16.5 Å². The second kappa shape index (κ2) is 6.88. The standard InChI is InChI=1S/C25H21N3O2/c1-15-10-11-19(16(2)13-15)27-24-21(17-7-6-12-26-14-17)22-23(30-24)18-8-4-5-9-20(18)28(3)25(22)29/h4-14,27H,1-3H3. The molecule has 5 nitrogen and oxygen atoms in total. The molecule has 0 fully saturated rings. The van der Waals surface area contributed by atoms with E-state index in [1.54, 1.807) is 24.0 Å². The fourth-order valence-corrected chi connectivity index (χ4v) is 4.01. The third-order valence-electron chi connectivity index (χ3n) is 5.52. The van der Waals surface area contributed by atoms with Gasteiger partial charge in [-0.25, -0.2) is 0 Å². The van der Waals surface area contributed by atoms with Gasteiger partial charge in [0.25, 0.3) is 5.56 Å². The molecule has 3 heterocycles. The summed E-state index contributed by atoms with van der Waals surface area (Å²) in [5.74, 6) is 0.540. The Morgan fingerprint density at radius 2 is 1.87 bits per heavy atom. The number of fused-ring (bicyclic) bond motifs is 3. The SMILES string of the molecule is Cc1ccc(Nc2oc3c(c2-c2cccnc2)c(=O)n(C)c2ccccc32)c(C)c1. The van der Waals surface area contributed by atoms with Crippen LogP contribution in [0.2, 0.25) is 0 Å². The highest BCUT2D eigenvalue weighted by atomic mass is 16.4. The Morgan fingerprint density at radius 3 is 2.63 bits per heavy atom. The number of benzene rings is 2. The van der Waals surface area contributed by atoms with Gasteiger partial charge in [-0.05, 0) is 43.7 Å². The lowest BCUT2D eigenvalue weighted by molar-refractivity contribution is 0.637. The lowest BCUT2D eigenvalue weighted by atomic mass is 10.0. The number of hydrogen-bond donors (Lipinski definition) is 1. The molecule has 5 heteroatoms. The summed E-state index contributed by atoms with van der Waals surface area (Å²) in [6, 6.07) is 17.8. The molecule has 0 amide bonds. The molecular formula is C25H21N3O2. The molecule has 0 spiro atoms. The Labute approximate surface area is 173 Å². The monoisotopic (exact) mass is 395 g/mol. The summed E-state index contributed by atoms with van der Waals surface area (Å²) in [7, 11) is 1.79. The van der Waals surface area contributed by atoms with E-state index in [1.807, 2.05) is 42.5 Å². The minimum absolute atomic E-state index is 0.0972. The van der Waals surface area contributed by atoms with Gasteiger partial charge < -0.3 is 14.3 Å². The van der Waals surface area contributed by atoms with Crippen molar-refractivity contribution in [2.45, 2.75) is 13.8 Å². The zero-order valence-corrected chi connectivity index (χ0v) is 17.1. The maximum atomic E-state index is 13.4. The van der Waals surface area contributed by atoms with Gasteiger partial charge in [0.1, 0.15) is 0 Å². The molecule has 0 radical (unpaired) electrons. The van der Waals surface area contributed by atoms with Crippen LogP contribution in [-0.2, 0) is 7.05 Å². The third kappa shape index (κ3) is 2.78.